The van der Waals surface area contributed by atoms with Gasteiger partial charge in [-0.15, -0.1) is 0 Å². The van der Waals surface area contributed by atoms with E-state index < -0.39 is 17.9 Å². The zero-order valence-corrected chi connectivity index (χ0v) is 25.5. The number of carbonyl (C=O) groups is 2. The molecule has 0 aliphatic carbocycles. The highest BCUT2D eigenvalue weighted by atomic mass is 35.5. The maximum atomic E-state index is 12.3. The van der Waals surface area contributed by atoms with Crippen molar-refractivity contribution < 1.29 is 34.4 Å². The molecule has 0 unspecified atom stereocenters. The molecule has 0 radical (unpaired) electrons. The number of hydrogen-bond acceptors (Lipinski definition) is 7. The van der Waals surface area contributed by atoms with Crippen molar-refractivity contribution in [2.24, 2.45) is 5.92 Å². The van der Waals surface area contributed by atoms with E-state index in [2.05, 4.69) is 17.1 Å². The first kappa shape index (κ1) is 32.1. The third-order valence-electron chi connectivity index (χ3n) is 8.63. The highest BCUT2D eigenvalue weighted by molar-refractivity contribution is 6.30. The van der Waals surface area contributed by atoms with E-state index in [0.717, 1.165) is 22.3 Å². The Morgan fingerprint density at radius 2 is 1.68 bits per heavy atom. The quantitative estimate of drug-likeness (QED) is 0.236. The van der Waals surface area contributed by atoms with Crippen molar-refractivity contribution in [1.29, 1.82) is 0 Å². The molecule has 4 atom stereocenters. The van der Waals surface area contributed by atoms with Crippen LogP contribution < -0.4 is 5.32 Å². The number of ether oxygens (including phenoxy) is 2. The van der Waals surface area contributed by atoms with Crippen molar-refractivity contribution in [2.45, 2.75) is 63.3 Å². The van der Waals surface area contributed by atoms with Crippen LogP contribution in [0.15, 0.2) is 72.8 Å². The summed E-state index contributed by atoms with van der Waals surface area (Å²) in [5.74, 6) is -1.42. The molecule has 5 rings (SSSR count). The molecule has 10 heteroatoms. The monoisotopic (exact) mass is 622 g/mol. The summed E-state index contributed by atoms with van der Waals surface area (Å²) >= 11 is 6.06. The SMILES string of the molecule is C[C@@H]1[C@H](CN2CCC(O)(c3ccc(Cl)cc3)CC2)O[C@H](c2cccc(NC(=O)CCC(=O)O)c2)O[C@@H]1c1ccc(CO)cc1. The first-order chi connectivity index (χ1) is 21.1. The van der Waals surface area contributed by atoms with Gasteiger partial charge < -0.3 is 35.0 Å². The van der Waals surface area contributed by atoms with Crippen molar-refractivity contribution in [3.8, 4) is 0 Å². The Balaban J connectivity index is 1.32. The van der Waals surface area contributed by atoms with Crippen LogP contribution in [0.2, 0.25) is 5.02 Å². The molecule has 1 amide bonds. The molecule has 0 saturated carbocycles. The summed E-state index contributed by atoms with van der Waals surface area (Å²) in [5, 5.41) is 33.2. The topological polar surface area (TPSA) is 129 Å². The number of carboxylic acids is 1. The van der Waals surface area contributed by atoms with Crippen LogP contribution in [0.4, 0.5) is 5.69 Å². The summed E-state index contributed by atoms with van der Waals surface area (Å²) in [6.07, 6.45) is -0.404. The highest BCUT2D eigenvalue weighted by Gasteiger charge is 2.41. The molecular weight excluding hydrogens is 584 g/mol. The van der Waals surface area contributed by atoms with Gasteiger partial charge in [0.15, 0.2) is 6.29 Å². The van der Waals surface area contributed by atoms with Crippen LogP contribution in [0, 0.1) is 5.92 Å². The van der Waals surface area contributed by atoms with Gasteiger partial charge in [-0.3, -0.25) is 9.59 Å². The van der Waals surface area contributed by atoms with Crippen molar-refractivity contribution in [2.75, 3.05) is 25.0 Å². The molecule has 0 spiro atoms. The van der Waals surface area contributed by atoms with Gasteiger partial charge in [-0.2, -0.15) is 0 Å². The minimum absolute atomic E-state index is 0.0118. The van der Waals surface area contributed by atoms with Crippen LogP contribution in [0.25, 0.3) is 0 Å². The maximum absolute atomic E-state index is 12.3. The van der Waals surface area contributed by atoms with Gasteiger partial charge in [-0.25, -0.2) is 0 Å². The standard InChI is InChI=1S/C34H39ClN2O7/c1-22-29(20-37-17-15-34(42,16-18-37)26-9-11-27(35)12-10-26)43-33(44-32(22)24-7-5-23(21-38)6-8-24)25-3-2-4-28(19-25)36-30(39)13-14-31(40)41/h2-12,19,22,29,32-33,38,42H,13-18,20-21H2,1H3,(H,36,39)(H,40,41)/t22-,29+,32+,33+/m1/s1. The Hall–Kier alpha value is -3.31. The van der Waals surface area contributed by atoms with E-state index in [0.29, 0.717) is 43.2 Å². The number of piperidine rings is 1. The minimum atomic E-state index is -1.03. The molecule has 2 fully saturated rings. The van der Waals surface area contributed by atoms with Gasteiger partial charge in [-0.05, 0) is 53.8 Å². The van der Waals surface area contributed by atoms with E-state index in [1.54, 1.807) is 18.2 Å². The summed E-state index contributed by atoms with van der Waals surface area (Å²) in [7, 11) is 0. The summed E-state index contributed by atoms with van der Waals surface area (Å²) in [6, 6.07) is 22.3. The smallest absolute Gasteiger partial charge is 0.303 e. The lowest BCUT2D eigenvalue weighted by Gasteiger charge is -2.45. The third kappa shape index (κ3) is 7.85. The number of likely N-dealkylation sites (tertiary alicyclic amines) is 1. The number of carboxylic acid groups (broad SMARTS) is 1. The van der Waals surface area contributed by atoms with Crippen molar-refractivity contribution in [1.82, 2.24) is 4.90 Å². The fourth-order valence-electron chi connectivity index (χ4n) is 5.94. The summed E-state index contributed by atoms with van der Waals surface area (Å²) in [4.78, 5) is 25.5. The normalized spacial score (nSPS) is 23.6. The van der Waals surface area contributed by atoms with E-state index >= 15 is 0 Å². The lowest BCUT2D eigenvalue weighted by atomic mass is 9.84. The number of amides is 1. The Morgan fingerprint density at radius 3 is 2.34 bits per heavy atom. The van der Waals surface area contributed by atoms with Gasteiger partial charge >= 0.3 is 5.97 Å². The average molecular weight is 623 g/mol. The Bertz CT molecular complexity index is 1420. The van der Waals surface area contributed by atoms with Crippen LogP contribution in [0.5, 0.6) is 0 Å². The highest BCUT2D eigenvalue weighted by Crippen LogP contribution is 2.43. The fraction of sp³-hybridized carbons (Fsp3) is 0.412. The van der Waals surface area contributed by atoms with Gasteiger partial charge in [0.1, 0.15) is 0 Å². The number of nitrogens with one attached hydrogen (secondary N) is 1. The Kier molecular flexibility index (Phi) is 10.4. The molecule has 2 aliphatic heterocycles. The number of aliphatic hydroxyl groups excluding tert-OH is 1. The lowest BCUT2D eigenvalue weighted by Crippen LogP contribution is -2.49. The molecule has 3 aromatic rings. The number of halogens is 1. The number of aliphatic carboxylic acids is 1. The van der Waals surface area contributed by atoms with Crippen molar-refractivity contribution >= 4 is 29.2 Å². The second-order valence-electron chi connectivity index (χ2n) is 11.7. The molecule has 2 saturated heterocycles. The average Bonchev–Trinajstić information content (AvgIpc) is 3.02. The number of rotatable bonds is 10. The van der Waals surface area contributed by atoms with Gasteiger partial charge in [0.05, 0.1) is 30.8 Å². The van der Waals surface area contributed by atoms with E-state index in [-0.39, 0.29) is 43.5 Å². The van der Waals surface area contributed by atoms with Gasteiger partial charge in [0, 0.05) is 48.2 Å². The van der Waals surface area contributed by atoms with Crippen LogP contribution in [0.1, 0.15) is 67.3 Å². The van der Waals surface area contributed by atoms with Crippen LogP contribution in [-0.4, -0.2) is 57.8 Å². The first-order valence-electron chi connectivity index (χ1n) is 15.0. The second kappa shape index (κ2) is 14.2. The summed E-state index contributed by atoms with van der Waals surface area (Å²) < 4.78 is 13.2. The first-order valence-corrected chi connectivity index (χ1v) is 15.3. The van der Waals surface area contributed by atoms with E-state index in [4.69, 9.17) is 26.2 Å². The third-order valence-corrected chi connectivity index (χ3v) is 8.89. The van der Waals surface area contributed by atoms with E-state index in [9.17, 15) is 19.8 Å². The predicted molar refractivity (Wildman–Crippen MR) is 166 cm³/mol. The molecule has 234 valence electrons. The second-order valence-corrected chi connectivity index (χ2v) is 12.2. The molecule has 3 aromatic carbocycles. The summed E-state index contributed by atoms with van der Waals surface area (Å²) in [6.45, 7) is 4.11. The largest absolute Gasteiger partial charge is 0.481 e. The van der Waals surface area contributed by atoms with Gasteiger partial charge in [-0.1, -0.05) is 67.1 Å². The van der Waals surface area contributed by atoms with E-state index in [1.807, 2.05) is 54.6 Å². The summed E-state index contributed by atoms with van der Waals surface area (Å²) in [5.41, 5.74) is 3.01. The van der Waals surface area contributed by atoms with Crippen LogP contribution in [-0.2, 0) is 31.3 Å². The van der Waals surface area contributed by atoms with Crippen LogP contribution in [0.3, 0.4) is 0 Å². The van der Waals surface area contributed by atoms with Crippen LogP contribution >= 0.6 is 11.6 Å². The number of aliphatic hydroxyl groups is 2. The Labute approximate surface area is 262 Å². The predicted octanol–water partition coefficient (Wildman–Crippen LogP) is 5.41. The fourth-order valence-corrected chi connectivity index (χ4v) is 6.07. The number of carbonyl (C=O) groups excluding carboxylic acids is 1. The molecule has 4 N–H and O–H groups in total. The molecule has 2 aliphatic rings. The van der Waals surface area contributed by atoms with Crippen molar-refractivity contribution in [3.63, 3.8) is 0 Å². The number of nitrogens with zero attached hydrogens (tertiary/aromatic N) is 1. The zero-order valence-electron chi connectivity index (χ0n) is 24.7. The maximum Gasteiger partial charge on any atom is 0.303 e. The van der Waals surface area contributed by atoms with Gasteiger partial charge in [0.25, 0.3) is 0 Å². The molecule has 0 bridgehead atoms. The molecular formula is C34H39ClN2O7. The number of hydrogen-bond donors (Lipinski definition) is 4. The molecule has 0 aromatic heterocycles. The Morgan fingerprint density at radius 1 is 0.977 bits per heavy atom. The molecule has 9 nitrogen and oxygen atoms in total. The lowest BCUT2D eigenvalue weighted by molar-refractivity contribution is -0.277. The molecule has 2 heterocycles. The zero-order chi connectivity index (χ0) is 31.3. The number of benzene rings is 3. The van der Waals surface area contributed by atoms with E-state index in [1.165, 1.54) is 0 Å². The number of anilines is 1. The molecule has 44 heavy (non-hydrogen) atoms. The van der Waals surface area contributed by atoms with Crippen molar-refractivity contribution in [3.05, 3.63) is 100 Å². The van der Waals surface area contributed by atoms with Gasteiger partial charge in [0.2, 0.25) is 5.91 Å². The minimum Gasteiger partial charge on any atom is -0.481 e.